The fourth-order valence-corrected chi connectivity index (χ4v) is 1.75. The number of carbonyl (C=O) groups is 2. The Balaban J connectivity index is 2.35. The second kappa shape index (κ2) is 4.45. The minimum absolute atomic E-state index is 0.0202. The van der Waals surface area contributed by atoms with E-state index in [9.17, 15) is 9.59 Å². The Morgan fingerprint density at radius 1 is 1.59 bits per heavy atom. The number of aromatic carboxylic acids is 1. The van der Waals surface area contributed by atoms with Crippen LogP contribution in [0.4, 0.5) is 0 Å². The average molecular weight is 235 g/mol. The molecule has 1 aromatic carbocycles. The van der Waals surface area contributed by atoms with Crippen molar-refractivity contribution < 1.29 is 19.4 Å². The summed E-state index contributed by atoms with van der Waals surface area (Å²) in [6.45, 7) is 2.70. The van der Waals surface area contributed by atoms with Crippen molar-refractivity contribution in [2.45, 2.75) is 19.5 Å². The number of hydrogen-bond donors (Lipinski definition) is 1. The standard InChI is InChI=1S/C12H13NO4/c1-8-6-17-11-4-9(12(15)16)2-3-10(11)5-13(8)7-14/h2-4,7-8H,5-6H2,1H3,(H,15,16). The molecular weight excluding hydrogens is 222 g/mol. The number of nitrogens with zero attached hydrogens (tertiary/aromatic N) is 1. The highest BCUT2D eigenvalue weighted by atomic mass is 16.5. The van der Waals surface area contributed by atoms with Crippen LogP contribution in [-0.4, -0.2) is 35.0 Å². The van der Waals surface area contributed by atoms with Gasteiger partial charge in [0.1, 0.15) is 12.4 Å². The predicted molar refractivity (Wildman–Crippen MR) is 60.0 cm³/mol. The van der Waals surface area contributed by atoms with Gasteiger partial charge in [-0.05, 0) is 19.1 Å². The molecule has 0 saturated carbocycles. The lowest BCUT2D eigenvalue weighted by Crippen LogP contribution is -2.33. The van der Waals surface area contributed by atoms with E-state index >= 15 is 0 Å². The molecule has 1 atom stereocenters. The number of fused-ring (bicyclic) bond motifs is 1. The van der Waals surface area contributed by atoms with Gasteiger partial charge in [-0.3, -0.25) is 4.79 Å². The third-order valence-corrected chi connectivity index (χ3v) is 2.85. The summed E-state index contributed by atoms with van der Waals surface area (Å²) in [6.07, 6.45) is 0.786. The topological polar surface area (TPSA) is 66.8 Å². The van der Waals surface area contributed by atoms with Gasteiger partial charge >= 0.3 is 5.97 Å². The van der Waals surface area contributed by atoms with Gasteiger partial charge in [0.15, 0.2) is 0 Å². The maximum Gasteiger partial charge on any atom is 0.335 e. The molecule has 0 fully saturated rings. The monoisotopic (exact) mass is 235 g/mol. The van der Waals surface area contributed by atoms with Crippen LogP contribution in [0.15, 0.2) is 18.2 Å². The molecule has 5 nitrogen and oxygen atoms in total. The number of carbonyl (C=O) groups excluding carboxylic acids is 1. The van der Waals surface area contributed by atoms with Crippen molar-refractivity contribution >= 4 is 12.4 Å². The van der Waals surface area contributed by atoms with Crippen LogP contribution in [0.3, 0.4) is 0 Å². The minimum Gasteiger partial charge on any atom is -0.491 e. The largest absolute Gasteiger partial charge is 0.491 e. The molecule has 1 aromatic rings. The van der Waals surface area contributed by atoms with Gasteiger partial charge in [0, 0.05) is 12.1 Å². The van der Waals surface area contributed by atoms with Crippen LogP contribution in [0.5, 0.6) is 5.75 Å². The number of hydrogen-bond acceptors (Lipinski definition) is 3. The first kappa shape index (κ1) is 11.4. The Labute approximate surface area is 98.6 Å². The zero-order chi connectivity index (χ0) is 12.4. The zero-order valence-electron chi connectivity index (χ0n) is 9.42. The highest BCUT2D eigenvalue weighted by molar-refractivity contribution is 5.88. The molecule has 1 amide bonds. The lowest BCUT2D eigenvalue weighted by atomic mass is 10.1. The van der Waals surface area contributed by atoms with Crippen molar-refractivity contribution in [3.8, 4) is 5.75 Å². The number of rotatable bonds is 2. The van der Waals surface area contributed by atoms with Crippen LogP contribution < -0.4 is 4.74 Å². The number of amides is 1. The molecule has 90 valence electrons. The van der Waals surface area contributed by atoms with Crippen molar-refractivity contribution in [3.63, 3.8) is 0 Å². The summed E-state index contributed by atoms with van der Waals surface area (Å²) in [5.74, 6) is -0.443. The quantitative estimate of drug-likeness (QED) is 0.780. The Bertz CT molecular complexity index is 458. The second-order valence-corrected chi connectivity index (χ2v) is 4.07. The molecule has 1 unspecified atom stereocenters. The molecular formula is C12H13NO4. The van der Waals surface area contributed by atoms with E-state index < -0.39 is 5.97 Å². The fraction of sp³-hybridized carbons (Fsp3) is 0.333. The molecule has 0 aliphatic carbocycles. The first-order valence-corrected chi connectivity index (χ1v) is 5.32. The Hall–Kier alpha value is -2.04. The SMILES string of the molecule is CC1COc2cc(C(=O)O)ccc2CN1C=O. The molecule has 1 heterocycles. The van der Waals surface area contributed by atoms with E-state index in [-0.39, 0.29) is 11.6 Å². The second-order valence-electron chi connectivity index (χ2n) is 4.07. The third-order valence-electron chi connectivity index (χ3n) is 2.85. The van der Waals surface area contributed by atoms with Gasteiger partial charge in [-0.15, -0.1) is 0 Å². The number of ether oxygens (including phenoxy) is 1. The summed E-state index contributed by atoms with van der Waals surface area (Å²) in [6, 6.07) is 4.68. The highest BCUT2D eigenvalue weighted by Crippen LogP contribution is 2.25. The summed E-state index contributed by atoms with van der Waals surface area (Å²) in [5, 5.41) is 8.88. The van der Waals surface area contributed by atoms with E-state index in [1.54, 1.807) is 11.0 Å². The van der Waals surface area contributed by atoms with Gasteiger partial charge in [-0.2, -0.15) is 0 Å². The van der Waals surface area contributed by atoms with Gasteiger partial charge in [0.05, 0.1) is 11.6 Å². The Morgan fingerprint density at radius 2 is 2.35 bits per heavy atom. The first-order chi connectivity index (χ1) is 8.11. The van der Waals surface area contributed by atoms with Gasteiger partial charge in [-0.1, -0.05) is 6.07 Å². The smallest absolute Gasteiger partial charge is 0.335 e. The van der Waals surface area contributed by atoms with Gasteiger partial charge in [-0.25, -0.2) is 4.79 Å². The lowest BCUT2D eigenvalue weighted by molar-refractivity contribution is -0.120. The summed E-state index contributed by atoms with van der Waals surface area (Å²) in [4.78, 5) is 23.4. The maximum absolute atomic E-state index is 10.9. The van der Waals surface area contributed by atoms with E-state index in [1.165, 1.54) is 12.1 Å². The van der Waals surface area contributed by atoms with Crippen LogP contribution in [0, 0.1) is 0 Å². The number of carboxylic acids is 1. The van der Waals surface area contributed by atoms with Crippen molar-refractivity contribution in [3.05, 3.63) is 29.3 Å². The van der Waals surface area contributed by atoms with Crippen LogP contribution in [-0.2, 0) is 11.3 Å². The van der Waals surface area contributed by atoms with Crippen molar-refractivity contribution in [1.82, 2.24) is 4.90 Å². The van der Waals surface area contributed by atoms with Crippen LogP contribution in [0.1, 0.15) is 22.8 Å². The Morgan fingerprint density at radius 3 is 3.00 bits per heavy atom. The molecule has 0 saturated heterocycles. The van der Waals surface area contributed by atoms with E-state index in [0.29, 0.717) is 18.9 Å². The Kier molecular flexibility index (Phi) is 2.99. The molecule has 5 heteroatoms. The summed E-state index contributed by atoms with van der Waals surface area (Å²) in [7, 11) is 0. The molecule has 0 bridgehead atoms. The number of benzene rings is 1. The minimum atomic E-state index is -0.985. The normalized spacial score (nSPS) is 18.9. The summed E-state index contributed by atoms with van der Waals surface area (Å²) in [5.41, 5.74) is 1.02. The fourth-order valence-electron chi connectivity index (χ4n) is 1.75. The van der Waals surface area contributed by atoms with Crippen molar-refractivity contribution in [2.75, 3.05) is 6.61 Å². The molecule has 0 spiro atoms. The lowest BCUT2D eigenvalue weighted by Gasteiger charge is -2.20. The predicted octanol–water partition coefficient (Wildman–Crippen LogP) is 1.12. The van der Waals surface area contributed by atoms with E-state index in [2.05, 4.69) is 0 Å². The summed E-state index contributed by atoms with van der Waals surface area (Å²) >= 11 is 0. The molecule has 17 heavy (non-hydrogen) atoms. The first-order valence-electron chi connectivity index (χ1n) is 5.32. The van der Waals surface area contributed by atoms with Gasteiger partial charge < -0.3 is 14.7 Å². The van der Waals surface area contributed by atoms with E-state index in [0.717, 1.165) is 12.0 Å². The van der Waals surface area contributed by atoms with Crippen molar-refractivity contribution in [2.24, 2.45) is 0 Å². The van der Waals surface area contributed by atoms with Crippen LogP contribution in [0.25, 0.3) is 0 Å². The average Bonchev–Trinajstić information content (AvgIpc) is 2.48. The van der Waals surface area contributed by atoms with Crippen molar-refractivity contribution in [1.29, 1.82) is 0 Å². The number of carboxylic acid groups (broad SMARTS) is 1. The van der Waals surface area contributed by atoms with Crippen LogP contribution >= 0.6 is 0 Å². The van der Waals surface area contributed by atoms with E-state index in [1.807, 2.05) is 6.92 Å². The molecule has 0 radical (unpaired) electrons. The zero-order valence-corrected chi connectivity index (χ0v) is 9.42. The van der Waals surface area contributed by atoms with Crippen LogP contribution in [0.2, 0.25) is 0 Å². The molecule has 0 aromatic heterocycles. The molecule has 1 N–H and O–H groups in total. The third kappa shape index (κ3) is 2.22. The highest BCUT2D eigenvalue weighted by Gasteiger charge is 2.20. The molecule has 1 aliphatic heterocycles. The summed E-state index contributed by atoms with van der Waals surface area (Å²) < 4.78 is 5.52. The molecule has 1 aliphatic rings. The van der Waals surface area contributed by atoms with Gasteiger partial charge in [0.25, 0.3) is 0 Å². The van der Waals surface area contributed by atoms with E-state index in [4.69, 9.17) is 9.84 Å². The van der Waals surface area contributed by atoms with Gasteiger partial charge in [0.2, 0.25) is 6.41 Å². The maximum atomic E-state index is 10.9. The molecule has 2 rings (SSSR count).